The number of carbonyl (C=O) groups excluding carboxylic acids is 1. The smallest absolute Gasteiger partial charge is 0.306 e. The summed E-state index contributed by atoms with van der Waals surface area (Å²) < 4.78 is 6.02. The fourth-order valence-corrected chi connectivity index (χ4v) is 3.13. The topological polar surface area (TPSA) is 75.6 Å². The standard InChI is InChI=1S/C15H18BrNO4/c1-21-8-11-12(16)3-2-4-13(11)17-14(18)9-5-6-10(7-9)15(19)20/h2-4,9-10H,5-8H2,1H3,(H,17,18)(H,19,20). The molecule has 2 atom stereocenters. The molecule has 0 spiro atoms. The van der Waals surface area contributed by atoms with Crippen molar-refractivity contribution in [1.29, 1.82) is 0 Å². The zero-order valence-electron chi connectivity index (χ0n) is 11.8. The minimum atomic E-state index is -0.812. The van der Waals surface area contributed by atoms with Gasteiger partial charge >= 0.3 is 5.97 Å². The van der Waals surface area contributed by atoms with Crippen molar-refractivity contribution < 1.29 is 19.4 Å². The normalized spacial score (nSPS) is 21.2. The molecule has 1 fully saturated rings. The Labute approximate surface area is 131 Å². The highest BCUT2D eigenvalue weighted by molar-refractivity contribution is 9.10. The predicted octanol–water partition coefficient (Wildman–Crippen LogP) is 3.03. The SMILES string of the molecule is COCc1c(Br)cccc1NC(=O)C1CCC(C(=O)O)C1. The van der Waals surface area contributed by atoms with Crippen molar-refractivity contribution in [3.63, 3.8) is 0 Å². The third-order valence-electron chi connectivity index (χ3n) is 3.82. The number of methoxy groups -OCH3 is 1. The van der Waals surface area contributed by atoms with Gasteiger partial charge in [-0.1, -0.05) is 22.0 Å². The van der Waals surface area contributed by atoms with E-state index in [4.69, 9.17) is 9.84 Å². The number of hydrogen-bond donors (Lipinski definition) is 2. The lowest BCUT2D eigenvalue weighted by molar-refractivity contribution is -0.141. The summed E-state index contributed by atoms with van der Waals surface area (Å²) in [6.45, 7) is 0.388. The van der Waals surface area contributed by atoms with E-state index in [1.165, 1.54) is 0 Å². The van der Waals surface area contributed by atoms with E-state index >= 15 is 0 Å². The van der Waals surface area contributed by atoms with Crippen molar-refractivity contribution in [2.45, 2.75) is 25.9 Å². The molecule has 6 heteroatoms. The summed E-state index contributed by atoms with van der Waals surface area (Å²) in [5.41, 5.74) is 1.58. The Kier molecular flexibility index (Phi) is 5.36. The van der Waals surface area contributed by atoms with E-state index < -0.39 is 11.9 Å². The summed E-state index contributed by atoms with van der Waals surface area (Å²) in [6, 6.07) is 5.55. The fraction of sp³-hybridized carbons (Fsp3) is 0.467. The zero-order valence-corrected chi connectivity index (χ0v) is 13.4. The van der Waals surface area contributed by atoms with Crippen LogP contribution in [0.25, 0.3) is 0 Å². The van der Waals surface area contributed by atoms with Crippen LogP contribution in [0, 0.1) is 11.8 Å². The van der Waals surface area contributed by atoms with E-state index in [1.54, 1.807) is 7.11 Å². The second kappa shape index (κ2) is 7.04. The van der Waals surface area contributed by atoms with Crippen molar-refractivity contribution in [2.75, 3.05) is 12.4 Å². The monoisotopic (exact) mass is 355 g/mol. The Morgan fingerprint density at radius 3 is 2.71 bits per heavy atom. The molecule has 21 heavy (non-hydrogen) atoms. The van der Waals surface area contributed by atoms with Gasteiger partial charge in [-0.25, -0.2) is 0 Å². The van der Waals surface area contributed by atoms with Crippen LogP contribution in [0.15, 0.2) is 22.7 Å². The molecule has 0 heterocycles. The molecule has 2 unspecified atom stereocenters. The summed E-state index contributed by atoms with van der Waals surface area (Å²) >= 11 is 3.44. The van der Waals surface area contributed by atoms with Crippen molar-refractivity contribution in [3.05, 3.63) is 28.2 Å². The number of rotatable bonds is 5. The van der Waals surface area contributed by atoms with Gasteiger partial charge in [-0.3, -0.25) is 9.59 Å². The van der Waals surface area contributed by atoms with Gasteiger partial charge in [-0.15, -0.1) is 0 Å². The fourth-order valence-electron chi connectivity index (χ4n) is 2.65. The van der Waals surface area contributed by atoms with E-state index in [9.17, 15) is 9.59 Å². The average molecular weight is 356 g/mol. The number of nitrogens with one attached hydrogen (secondary N) is 1. The van der Waals surface area contributed by atoms with Crippen molar-refractivity contribution in [3.8, 4) is 0 Å². The number of aliphatic carboxylic acids is 1. The van der Waals surface area contributed by atoms with E-state index in [0.717, 1.165) is 10.0 Å². The molecule has 0 aliphatic heterocycles. The number of benzene rings is 1. The maximum Gasteiger partial charge on any atom is 0.306 e. The largest absolute Gasteiger partial charge is 0.481 e. The molecule has 1 aromatic rings. The lowest BCUT2D eigenvalue weighted by Gasteiger charge is -2.15. The van der Waals surface area contributed by atoms with Crippen LogP contribution in [0.1, 0.15) is 24.8 Å². The molecular weight excluding hydrogens is 338 g/mol. The first-order chi connectivity index (χ1) is 10.0. The number of carboxylic acids is 1. The zero-order chi connectivity index (χ0) is 15.4. The summed E-state index contributed by atoms with van der Waals surface area (Å²) in [7, 11) is 1.60. The van der Waals surface area contributed by atoms with Gasteiger partial charge in [0.05, 0.1) is 12.5 Å². The van der Waals surface area contributed by atoms with Crippen LogP contribution in [-0.2, 0) is 20.9 Å². The van der Waals surface area contributed by atoms with Crippen LogP contribution in [0.3, 0.4) is 0 Å². The van der Waals surface area contributed by atoms with Crippen LogP contribution >= 0.6 is 15.9 Å². The lowest BCUT2D eigenvalue weighted by atomic mass is 10.0. The molecule has 0 aromatic heterocycles. The second-order valence-corrected chi connectivity index (χ2v) is 6.09. The van der Waals surface area contributed by atoms with Crippen LogP contribution in [0.4, 0.5) is 5.69 Å². The lowest BCUT2D eigenvalue weighted by Crippen LogP contribution is -2.22. The average Bonchev–Trinajstić information content (AvgIpc) is 2.92. The third-order valence-corrected chi connectivity index (χ3v) is 4.56. The van der Waals surface area contributed by atoms with Gasteiger partial charge in [0.25, 0.3) is 0 Å². The number of ether oxygens (including phenoxy) is 1. The van der Waals surface area contributed by atoms with E-state index in [0.29, 0.717) is 31.6 Å². The molecule has 1 saturated carbocycles. The highest BCUT2D eigenvalue weighted by atomic mass is 79.9. The maximum atomic E-state index is 12.3. The Hall–Kier alpha value is -1.40. The number of amides is 1. The number of hydrogen-bond acceptors (Lipinski definition) is 3. The van der Waals surface area contributed by atoms with Gasteiger partial charge in [0, 0.05) is 28.8 Å². The van der Waals surface area contributed by atoms with Gasteiger partial charge in [0.1, 0.15) is 0 Å². The molecule has 1 amide bonds. The predicted molar refractivity (Wildman–Crippen MR) is 82.0 cm³/mol. The molecular formula is C15H18BrNO4. The number of carboxylic acid groups (broad SMARTS) is 1. The minimum Gasteiger partial charge on any atom is -0.481 e. The number of carbonyl (C=O) groups is 2. The third kappa shape index (κ3) is 3.83. The Morgan fingerprint density at radius 2 is 2.10 bits per heavy atom. The van der Waals surface area contributed by atoms with Crippen molar-refractivity contribution in [2.24, 2.45) is 11.8 Å². The van der Waals surface area contributed by atoms with Gasteiger partial charge in [0.15, 0.2) is 0 Å². The molecule has 0 saturated heterocycles. The Bertz CT molecular complexity index is 546. The molecule has 2 rings (SSSR count). The Balaban J connectivity index is 2.07. The summed E-state index contributed by atoms with van der Waals surface area (Å²) in [4.78, 5) is 23.2. The second-order valence-electron chi connectivity index (χ2n) is 5.23. The summed E-state index contributed by atoms with van der Waals surface area (Å²) in [5.74, 6) is -1.57. The molecule has 1 aliphatic rings. The quantitative estimate of drug-likeness (QED) is 0.850. The molecule has 0 bridgehead atoms. The number of anilines is 1. The van der Waals surface area contributed by atoms with E-state index in [1.807, 2.05) is 18.2 Å². The van der Waals surface area contributed by atoms with Gasteiger partial charge in [-0.2, -0.15) is 0 Å². The summed E-state index contributed by atoms with van der Waals surface area (Å²) in [6.07, 6.45) is 1.60. The highest BCUT2D eigenvalue weighted by Gasteiger charge is 2.34. The molecule has 5 nitrogen and oxygen atoms in total. The van der Waals surface area contributed by atoms with Crippen molar-refractivity contribution in [1.82, 2.24) is 0 Å². The molecule has 2 N–H and O–H groups in total. The van der Waals surface area contributed by atoms with Crippen LogP contribution in [0.5, 0.6) is 0 Å². The first-order valence-electron chi connectivity index (χ1n) is 6.83. The minimum absolute atomic E-state index is 0.116. The van der Waals surface area contributed by atoms with E-state index in [-0.39, 0.29) is 11.8 Å². The van der Waals surface area contributed by atoms with Crippen LogP contribution in [-0.4, -0.2) is 24.1 Å². The molecule has 114 valence electrons. The summed E-state index contributed by atoms with van der Waals surface area (Å²) in [5, 5.41) is 11.9. The first-order valence-corrected chi connectivity index (χ1v) is 7.62. The van der Waals surface area contributed by atoms with Crippen LogP contribution < -0.4 is 5.32 Å². The molecule has 1 aliphatic carbocycles. The first kappa shape index (κ1) is 16.0. The van der Waals surface area contributed by atoms with Gasteiger partial charge < -0.3 is 15.2 Å². The molecule has 1 aromatic carbocycles. The van der Waals surface area contributed by atoms with E-state index in [2.05, 4.69) is 21.2 Å². The van der Waals surface area contributed by atoms with Crippen molar-refractivity contribution >= 4 is 33.5 Å². The Morgan fingerprint density at radius 1 is 1.38 bits per heavy atom. The van der Waals surface area contributed by atoms with Gasteiger partial charge in [0.2, 0.25) is 5.91 Å². The molecule has 0 radical (unpaired) electrons. The number of halogens is 1. The highest BCUT2D eigenvalue weighted by Crippen LogP contribution is 2.33. The van der Waals surface area contributed by atoms with Crippen LogP contribution in [0.2, 0.25) is 0 Å². The van der Waals surface area contributed by atoms with Gasteiger partial charge in [-0.05, 0) is 31.4 Å². The maximum absolute atomic E-state index is 12.3.